The second-order valence-corrected chi connectivity index (χ2v) is 4.87. The standard InChI is InChI=1S/C15H20O4/c1-11(2)9-10-19-13-5-3-12(4-6-13)14(16)7-8-15(17)18/h3-6,11H,7-10H2,1-2H3,(H,17,18). The molecule has 1 aromatic rings. The molecule has 0 saturated carbocycles. The minimum absolute atomic E-state index is 0.0306. The van der Waals surface area contributed by atoms with E-state index in [2.05, 4.69) is 13.8 Å². The molecule has 1 aromatic carbocycles. The molecule has 19 heavy (non-hydrogen) atoms. The zero-order chi connectivity index (χ0) is 14.3. The zero-order valence-electron chi connectivity index (χ0n) is 11.4. The van der Waals surface area contributed by atoms with E-state index in [-0.39, 0.29) is 18.6 Å². The van der Waals surface area contributed by atoms with Gasteiger partial charge in [0.25, 0.3) is 0 Å². The van der Waals surface area contributed by atoms with E-state index in [1.807, 2.05) is 0 Å². The van der Waals surface area contributed by atoms with E-state index >= 15 is 0 Å². The number of benzene rings is 1. The number of carbonyl (C=O) groups excluding carboxylic acids is 1. The summed E-state index contributed by atoms with van der Waals surface area (Å²) in [5.41, 5.74) is 0.525. The van der Waals surface area contributed by atoms with E-state index in [4.69, 9.17) is 9.84 Å². The van der Waals surface area contributed by atoms with Crippen LogP contribution in [0.2, 0.25) is 0 Å². The van der Waals surface area contributed by atoms with Gasteiger partial charge in [0.2, 0.25) is 0 Å². The van der Waals surface area contributed by atoms with Crippen molar-refractivity contribution in [2.45, 2.75) is 33.1 Å². The molecular formula is C15H20O4. The first-order valence-electron chi connectivity index (χ1n) is 6.47. The summed E-state index contributed by atoms with van der Waals surface area (Å²) in [6.07, 6.45) is 0.883. The third-order valence-corrected chi connectivity index (χ3v) is 2.71. The number of hydrogen-bond acceptors (Lipinski definition) is 3. The molecule has 0 fully saturated rings. The molecule has 0 aromatic heterocycles. The highest BCUT2D eigenvalue weighted by Crippen LogP contribution is 2.15. The quantitative estimate of drug-likeness (QED) is 0.732. The highest BCUT2D eigenvalue weighted by molar-refractivity contribution is 5.97. The molecular weight excluding hydrogens is 244 g/mol. The zero-order valence-corrected chi connectivity index (χ0v) is 11.4. The molecule has 0 amide bonds. The van der Waals surface area contributed by atoms with Gasteiger partial charge in [-0.1, -0.05) is 13.8 Å². The second-order valence-electron chi connectivity index (χ2n) is 4.87. The van der Waals surface area contributed by atoms with E-state index in [0.29, 0.717) is 18.1 Å². The summed E-state index contributed by atoms with van der Waals surface area (Å²) >= 11 is 0. The first-order chi connectivity index (χ1) is 8.99. The van der Waals surface area contributed by atoms with Crippen LogP contribution in [0, 0.1) is 5.92 Å². The number of aliphatic carboxylic acids is 1. The largest absolute Gasteiger partial charge is 0.494 e. The van der Waals surface area contributed by atoms with E-state index in [1.165, 1.54) is 0 Å². The molecule has 0 aliphatic rings. The van der Waals surface area contributed by atoms with Crippen LogP contribution in [0.1, 0.15) is 43.5 Å². The summed E-state index contributed by atoms with van der Waals surface area (Å²) in [6.45, 7) is 4.92. The van der Waals surface area contributed by atoms with Crippen LogP contribution in [-0.4, -0.2) is 23.5 Å². The Morgan fingerprint density at radius 1 is 1.16 bits per heavy atom. The summed E-state index contributed by atoms with van der Waals surface area (Å²) in [4.78, 5) is 22.0. The van der Waals surface area contributed by atoms with Crippen LogP contribution in [0.3, 0.4) is 0 Å². The van der Waals surface area contributed by atoms with Crippen LogP contribution in [0.5, 0.6) is 5.75 Å². The lowest BCUT2D eigenvalue weighted by molar-refractivity contribution is -0.136. The Hall–Kier alpha value is -1.84. The van der Waals surface area contributed by atoms with Crippen molar-refractivity contribution in [3.05, 3.63) is 29.8 Å². The molecule has 1 rings (SSSR count). The van der Waals surface area contributed by atoms with Gasteiger partial charge in [-0.2, -0.15) is 0 Å². The predicted molar refractivity (Wildman–Crippen MR) is 72.6 cm³/mol. The fourth-order valence-corrected chi connectivity index (χ4v) is 1.51. The van der Waals surface area contributed by atoms with E-state index in [9.17, 15) is 9.59 Å². The third-order valence-electron chi connectivity index (χ3n) is 2.71. The normalized spacial score (nSPS) is 10.5. The molecule has 4 heteroatoms. The molecule has 0 unspecified atom stereocenters. The van der Waals surface area contributed by atoms with Crippen LogP contribution in [0.4, 0.5) is 0 Å². The summed E-state index contributed by atoms with van der Waals surface area (Å²) in [7, 11) is 0. The number of hydrogen-bond donors (Lipinski definition) is 1. The van der Waals surface area contributed by atoms with Crippen molar-refractivity contribution in [2.24, 2.45) is 5.92 Å². The van der Waals surface area contributed by atoms with Gasteiger partial charge in [0.15, 0.2) is 5.78 Å². The van der Waals surface area contributed by atoms with Crippen molar-refractivity contribution in [3.63, 3.8) is 0 Å². The Bertz CT molecular complexity index is 420. The van der Waals surface area contributed by atoms with Crippen molar-refractivity contribution in [2.75, 3.05) is 6.61 Å². The average Bonchev–Trinajstić information content (AvgIpc) is 2.36. The Kier molecular flexibility index (Phi) is 6.06. The lowest BCUT2D eigenvalue weighted by Crippen LogP contribution is -2.04. The fraction of sp³-hybridized carbons (Fsp3) is 0.467. The highest BCUT2D eigenvalue weighted by atomic mass is 16.5. The fourth-order valence-electron chi connectivity index (χ4n) is 1.51. The molecule has 0 spiro atoms. The topological polar surface area (TPSA) is 63.6 Å². The smallest absolute Gasteiger partial charge is 0.303 e. The van der Waals surface area contributed by atoms with Crippen LogP contribution in [0.15, 0.2) is 24.3 Å². The first kappa shape index (κ1) is 15.2. The van der Waals surface area contributed by atoms with E-state index in [0.717, 1.165) is 12.2 Å². The molecule has 1 N–H and O–H groups in total. The van der Waals surface area contributed by atoms with Crippen LogP contribution >= 0.6 is 0 Å². The molecule has 0 atom stereocenters. The molecule has 0 saturated heterocycles. The van der Waals surface area contributed by atoms with Gasteiger partial charge in [-0.05, 0) is 36.6 Å². The minimum atomic E-state index is -0.956. The minimum Gasteiger partial charge on any atom is -0.494 e. The second kappa shape index (κ2) is 7.56. The Morgan fingerprint density at radius 3 is 2.32 bits per heavy atom. The van der Waals surface area contributed by atoms with Crippen molar-refractivity contribution < 1.29 is 19.4 Å². The highest BCUT2D eigenvalue weighted by Gasteiger charge is 2.08. The Morgan fingerprint density at radius 2 is 1.79 bits per heavy atom. The Labute approximate surface area is 113 Å². The first-order valence-corrected chi connectivity index (χ1v) is 6.47. The average molecular weight is 264 g/mol. The van der Waals surface area contributed by atoms with Gasteiger partial charge in [0.1, 0.15) is 5.75 Å². The molecule has 104 valence electrons. The van der Waals surface area contributed by atoms with Crippen molar-refractivity contribution in [3.8, 4) is 5.75 Å². The van der Waals surface area contributed by atoms with Crippen LogP contribution in [0.25, 0.3) is 0 Å². The molecule has 4 nitrogen and oxygen atoms in total. The van der Waals surface area contributed by atoms with Gasteiger partial charge < -0.3 is 9.84 Å². The number of carboxylic acids is 1. The van der Waals surface area contributed by atoms with Gasteiger partial charge in [0.05, 0.1) is 13.0 Å². The number of ketones is 1. The lowest BCUT2D eigenvalue weighted by Gasteiger charge is -2.08. The van der Waals surface area contributed by atoms with Gasteiger partial charge >= 0.3 is 5.97 Å². The molecule has 0 radical (unpaired) electrons. The lowest BCUT2D eigenvalue weighted by atomic mass is 10.1. The molecule has 0 aliphatic carbocycles. The van der Waals surface area contributed by atoms with Crippen molar-refractivity contribution >= 4 is 11.8 Å². The van der Waals surface area contributed by atoms with Gasteiger partial charge in [-0.15, -0.1) is 0 Å². The molecule has 0 heterocycles. The maximum absolute atomic E-state index is 11.7. The number of carbonyl (C=O) groups is 2. The monoisotopic (exact) mass is 264 g/mol. The van der Waals surface area contributed by atoms with E-state index in [1.54, 1.807) is 24.3 Å². The Balaban J connectivity index is 2.46. The van der Waals surface area contributed by atoms with Crippen LogP contribution < -0.4 is 4.74 Å². The maximum Gasteiger partial charge on any atom is 0.303 e. The van der Waals surface area contributed by atoms with Crippen molar-refractivity contribution in [1.82, 2.24) is 0 Å². The van der Waals surface area contributed by atoms with E-state index < -0.39 is 5.97 Å². The van der Waals surface area contributed by atoms with Crippen molar-refractivity contribution in [1.29, 1.82) is 0 Å². The maximum atomic E-state index is 11.7. The number of rotatable bonds is 8. The van der Waals surface area contributed by atoms with Gasteiger partial charge in [-0.3, -0.25) is 9.59 Å². The number of ether oxygens (including phenoxy) is 1. The third kappa shape index (κ3) is 6.04. The molecule has 0 bridgehead atoms. The predicted octanol–water partition coefficient (Wildman–Crippen LogP) is 3.16. The van der Waals surface area contributed by atoms with Crippen LogP contribution in [-0.2, 0) is 4.79 Å². The summed E-state index contributed by atoms with van der Waals surface area (Å²) < 4.78 is 5.54. The SMILES string of the molecule is CC(C)CCOc1ccc(C(=O)CCC(=O)O)cc1. The number of carboxylic acid groups (broad SMARTS) is 1. The van der Waals surface area contributed by atoms with Gasteiger partial charge in [-0.25, -0.2) is 0 Å². The number of Topliss-reactive ketones (excluding diaryl/α,β-unsaturated/α-hetero) is 1. The summed E-state index contributed by atoms with van der Waals surface area (Å²) in [5, 5.41) is 8.52. The summed E-state index contributed by atoms with van der Waals surface area (Å²) in [6, 6.07) is 6.84. The summed E-state index contributed by atoms with van der Waals surface area (Å²) in [5.74, 6) is 0.213. The van der Waals surface area contributed by atoms with Gasteiger partial charge in [0, 0.05) is 12.0 Å². The molecule has 0 aliphatic heterocycles.